The van der Waals surface area contributed by atoms with Gasteiger partial charge in [-0.15, -0.1) is 0 Å². The quantitative estimate of drug-likeness (QED) is 0.185. The lowest BCUT2D eigenvalue weighted by Gasteiger charge is -2.26. The molecule has 2 aromatic carbocycles. The summed E-state index contributed by atoms with van der Waals surface area (Å²) in [4.78, 5) is 28.0. The monoisotopic (exact) mass is 511 g/mol. The van der Waals surface area contributed by atoms with E-state index >= 15 is 0 Å². The molecule has 0 spiro atoms. The Bertz CT molecular complexity index is 1150. The standard InChI is InChI=1S/C29H37NO7/c1-7-35-22-12-11-21(16-19(22)5)27(31)25-26(20-10-13-23(34-6)24(17-20)36-8-2)30(29(33)28(25)32)14-9-15-37-18(3)4/h10-13,16-18,26,31H,7-9,14-15H2,1-6H3/b27-25-. The molecule has 1 atom stereocenters. The van der Waals surface area contributed by atoms with Crippen molar-refractivity contribution < 1.29 is 33.6 Å². The Labute approximate surface area is 218 Å². The Balaban J connectivity index is 2.11. The van der Waals surface area contributed by atoms with E-state index in [-0.39, 0.29) is 24.0 Å². The zero-order valence-corrected chi connectivity index (χ0v) is 22.5. The molecule has 37 heavy (non-hydrogen) atoms. The van der Waals surface area contributed by atoms with Crippen molar-refractivity contribution in [2.45, 2.75) is 53.2 Å². The number of hydrogen-bond donors (Lipinski definition) is 1. The van der Waals surface area contributed by atoms with Crippen LogP contribution in [0.4, 0.5) is 0 Å². The molecule has 1 heterocycles. The van der Waals surface area contributed by atoms with E-state index in [1.807, 2.05) is 34.6 Å². The van der Waals surface area contributed by atoms with Crippen LogP contribution in [-0.4, -0.2) is 61.3 Å². The van der Waals surface area contributed by atoms with Crippen LogP contribution in [0.25, 0.3) is 5.76 Å². The number of ether oxygens (including phenoxy) is 4. The minimum atomic E-state index is -0.795. The number of ketones is 1. The Kier molecular flexibility index (Phi) is 9.58. The number of rotatable bonds is 12. The van der Waals surface area contributed by atoms with Gasteiger partial charge < -0.3 is 29.0 Å². The van der Waals surface area contributed by atoms with Gasteiger partial charge in [-0.25, -0.2) is 0 Å². The summed E-state index contributed by atoms with van der Waals surface area (Å²) in [6.07, 6.45) is 0.600. The number of methoxy groups -OCH3 is 1. The average Bonchev–Trinajstić information content (AvgIpc) is 3.12. The second kappa shape index (κ2) is 12.6. The number of amides is 1. The Morgan fingerprint density at radius 3 is 2.30 bits per heavy atom. The van der Waals surface area contributed by atoms with Gasteiger partial charge in [0, 0.05) is 18.7 Å². The molecule has 200 valence electrons. The average molecular weight is 512 g/mol. The SMILES string of the molecule is CCOc1ccc(/C(O)=C2/C(=O)C(=O)N(CCCOC(C)C)C2c2ccc(OC)c(OCC)c2)cc1C. The number of Topliss-reactive ketones (excluding diaryl/α,β-unsaturated/α-hetero) is 1. The van der Waals surface area contributed by atoms with E-state index in [9.17, 15) is 14.7 Å². The number of aryl methyl sites for hydroxylation is 1. The normalized spacial score (nSPS) is 16.9. The summed E-state index contributed by atoms with van der Waals surface area (Å²) < 4.78 is 22.4. The third-order valence-corrected chi connectivity index (χ3v) is 6.09. The van der Waals surface area contributed by atoms with Crippen molar-refractivity contribution in [1.82, 2.24) is 4.90 Å². The molecule has 1 aliphatic heterocycles. The van der Waals surface area contributed by atoms with Gasteiger partial charge in [-0.05, 0) is 82.5 Å². The topological polar surface area (TPSA) is 94.5 Å². The van der Waals surface area contributed by atoms with Gasteiger partial charge in [-0.2, -0.15) is 0 Å². The highest BCUT2D eigenvalue weighted by atomic mass is 16.5. The number of nitrogens with zero attached hydrogens (tertiary/aromatic N) is 1. The van der Waals surface area contributed by atoms with Crippen molar-refractivity contribution in [3.8, 4) is 17.2 Å². The van der Waals surface area contributed by atoms with Crippen LogP contribution in [0, 0.1) is 6.92 Å². The van der Waals surface area contributed by atoms with E-state index in [1.54, 1.807) is 43.5 Å². The number of hydrogen-bond acceptors (Lipinski definition) is 7. The lowest BCUT2D eigenvalue weighted by molar-refractivity contribution is -0.140. The molecule has 0 radical (unpaired) electrons. The predicted octanol–water partition coefficient (Wildman–Crippen LogP) is 5.04. The minimum absolute atomic E-state index is 0.0333. The zero-order chi connectivity index (χ0) is 27.1. The largest absolute Gasteiger partial charge is 0.507 e. The molecule has 1 saturated heterocycles. The summed E-state index contributed by atoms with van der Waals surface area (Å²) in [5.74, 6) is 0.102. The van der Waals surface area contributed by atoms with E-state index in [1.165, 1.54) is 4.90 Å². The Morgan fingerprint density at radius 2 is 1.68 bits per heavy atom. The number of benzene rings is 2. The molecule has 8 nitrogen and oxygen atoms in total. The van der Waals surface area contributed by atoms with E-state index in [2.05, 4.69) is 0 Å². The number of aliphatic hydroxyl groups is 1. The maximum atomic E-state index is 13.3. The third kappa shape index (κ3) is 6.25. The van der Waals surface area contributed by atoms with Crippen LogP contribution >= 0.6 is 0 Å². The minimum Gasteiger partial charge on any atom is -0.507 e. The molecular formula is C29H37NO7. The first-order valence-electron chi connectivity index (χ1n) is 12.7. The third-order valence-electron chi connectivity index (χ3n) is 6.09. The van der Waals surface area contributed by atoms with Crippen molar-refractivity contribution in [3.05, 3.63) is 58.7 Å². The first-order chi connectivity index (χ1) is 17.7. The number of carbonyl (C=O) groups excluding carboxylic acids is 2. The van der Waals surface area contributed by atoms with Crippen molar-refractivity contribution in [1.29, 1.82) is 0 Å². The van der Waals surface area contributed by atoms with Crippen molar-refractivity contribution in [2.75, 3.05) is 33.5 Å². The molecule has 0 saturated carbocycles. The number of aliphatic hydroxyl groups excluding tert-OH is 1. The highest BCUT2D eigenvalue weighted by Crippen LogP contribution is 2.42. The van der Waals surface area contributed by atoms with Gasteiger partial charge >= 0.3 is 0 Å². The highest BCUT2D eigenvalue weighted by molar-refractivity contribution is 6.46. The molecule has 1 aliphatic rings. The van der Waals surface area contributed by atoms with Gasteiger partial charge in [0.2, 0.25) is 0 Å². The Hall–Kier alpha value is -3.52. The summed E-state index contributed by atoms with van der Waals surface area (Å²) in [6, 6.07) is 9.68. The maximum absolute atomic E-state index is 13.3. The van der Waals surface area contributed by atoms with Crippen LogP contribution in [-0.2, 0) is 14.3 Å². The smallest absolute Gasteiger partial charge is 0.295 e. The van der Waals surface area contributed by atoms with Crippen LogP contribution in [0.3, 0.4) is 0 Å². The molecule has 1 unspecified atom stereocenters. The molecule has 2 aromatic rings. The lowest BCUT2D eigenvalue weighted by Crippen LogP contribution is -2.31. The molecular weight excluding hydrogens is 474 g/mol. The van der Waals surface area contributed by atoms with Gasteiger partial charge in [-0.3, -0.25) is 9.59 Å². The van der Waals surface area contributed by atoms with Crippen LogP contribution in [0.5, 0.6) is 17.2 Å². The lowest BCUT2D eigenvalue weighted by atomic mass is 9.94. The van der Waals surface area contributed by atoms with Gasteiger partial charge in [0.25, 0.3) is 11.7 Å². The molecule has 3 rings (SSSR count). The molecule has 1 amide bonds. The predicted molar refractivity (Wildman–Crippen MR) is 141 cm³/mol. The second-order valence-electron chi connectivity index (χ2n) is 9.02. The van der Waals surface area contributed by atoms with Crippen molar-refractivity contribution >= 4 is 17.4 Å². The van der Waals surface area contributed by atoms with Crippen molar-refractivity contribution in [3.63, 3.8) is 0 Å². The van der Waals surface area contributed by atoms with Crippen molar-refractivity contribution in [2.24, 2.45) is 0 Å². The van der Waals surface area contributed by atoms with E-state index in [0.717, 1.165) is 5.56 Å². The van der Waals surface area contributed by atoms with Crippen LogP contribution in [0.15, 0.2) is 42.0 Å². The first kappa shape index (κ1) is 28.1. The number of likely N-dealkylation sites (tertiary alicyclic amines) is 1. The molecule has 0 bridgehead atoms. The fourth-order valence-electron chi connectivity index (χ4n) is 4.41. The van der Waals surface area contributed by atoms with Gasteiger partial charge in [0.15, 0.2) is 11.5 Å². The fourth-order valence-corrected chi connectivity index (χ4v) is 4.41. The summed E-state index contributed by atoms with van der Waals surface area (Å²) in [7, 11) is 1.55. The maximum Gasteiger partial charge on any atom is 0.295 e. The molecule has 1 fully saturated rings. The van der Waals surface area contributed by atoms with Crippen LogP contribution < -0.4 is 14.2 Å². The second-order valence-corrected chi connectivity index (χ2v) is 9.02. The van der Waals surface area contributed by atoms with E-state index in [0.29, 0.717) is 54.6 Å². The fraction of sp³-hybridized carbons (Fsp3) is 0.448. The highest BCUT2D eigenvalue weighted by Gasteiger charge is 2.46. The van der Waals surface area contributed by atoms with Gasteiger partial charge in [0.05, 0.1) is 38.0 Å². The van der Waals surface area contributed by atoms with Crippen LogP contribution in [0.2, 0.25) is 0 Å². The summed E-state index contributed by atoms with van der Waals surface area (Å²) in [5.41, 5.74) is 1.92. The van der Waals surface area contributed by atoms with E-state index < -0.39 is 17.7 Å². The Morgan fingerprint density at radius 1 is 1.00 bits per heavy atom. The molecule has 8 heteroatoms. The summed E-state index contributed by atoms with van der Waals surface area (Å²) in [6.45, 7) is 11.2. The van der Waals surface area contributed by atoms with Gasteiger partial charge in [0.1, 0.15) is 11.5 Å². The molecule has 0 aromatic heterocycles. The molecule has 1 N–H and O–H groups in total. The molecule has 0 aliphatic carbocycles. The summed E-state index contributed by atoms with van der Waals surface area (Å²) in [5, 5.41) is 11.4. The van der Waals surface area contributed by atoms with E-state index in [4.69, 9.17) is 18.9 Å². The van der Waals surface area contributed by atoms with Crippen LogP contribution in [0.1, 0.15) is 56.8 Å². The zero-order valence-electron chi connectivity index (χ0n) is 22.5. The van der Waals surface area contributed by atoms with Gasteiger partial charge in [-0.1, -0.05) is 6.07 Å². The summed E-state index contributed by atoms with van der Waals surface area (Å²) >= 11 is 0. The first-order valence-corrected chi connectivity index (χ1v) is 12.7. The number of carbonyl (C=O) groups is 2.